The van der Waals surface area contributed by atoms with Crippen molar-refractivity contribution in [3.63, 3.8) is 0 Å². The maximum atomic E-state index is 12.8. The first-order chi connectivity index (χ1) is 15.0. The average Bonchev–Trinajstić information content (AvgIpc) is 3.22. The molecule has 1 amide bonds. The van der Waals surface area contributed by atoms with Gasteiger partial charge in [-0.3, -0.25) is 4.79 Å². The number of halogens is 2. The summed E-state index contributed by atoms with van der Waals surface area (Å²) in [6.45, 7) is 2.50. The normalized spacial score (nSPS) is 10.7. The fraction of sp³-hybridized carbons (Fsp3) is 0.0870. The van der Waals surface area contributed by atoms with Crippen molar-refractivity contribution in [2.75, 3.05) is 11.9 Å². The van der Waals surface area contributed by atoms with Crippen LogP contribution in [-0.2, 0) is 0 Å². The SMILES string of the molecule is CCOc1ccc(-n2nc(C(=O)Nc3ccccc3Cl)nc2-c2ccc(Cl)cc2)cc1. The van der Waals surface area contributed by atoms with Gasteiger partial charge in [0.15, 0.2) is 5.82 Å². The van der Waals surface area contributed by atoms with Crippen molar-refractivity contribution in [2.45, 2.75) is 6.92 Å². The molecule has 1 aromatic heterocycles. The predicted octanol–water partition coefficient (Wildman–Crippen LogP) is 5.89. The van der Waals surface area contributed by atoms with Crippen LogP contribution in [0, 0.1) is 0 Å². The Balaban J connectivity index is 1.73. The number of para-hydroxylation sites is 1. The predicted molar refractivity (Wildman–Crippen MR) is 122 cm³/mol. The van der Waals surface area contributed by atoms with Crippen molar-refractivity contribution in [3.05, 3.63) is 88.7 Å². The van der Waals surface area contributed by atoms with Gasteiger partial charge in [0, 0.05) is 10.6 Å². The van der Waals surface area contributed by atoms with Gasteiger partial charge in [0.25, 0.3) is 5.91 Å². The lowest BCUT2D eigenvalue weighted by molar-refractivity contribution is 0.101. The van der Waals surface area contributed by atoms with Gasteiger partial charge in [-0.1, -0.05) is 35.3 Å². The zero-order chi connectivity index (χ0) is 21.8. The number of amides is 1. The Bertz CT molecular complexity index is 1210. The van der Waals surface area contributed by atoms with Gasteiger partial charge in [0.2, 0.25) is 5.82 Å². The van der Waals surface area contributed by atoms with Gasteiger partial charge in [-0.25, -0.2) is 9.67 Å². The molecular formula is C23H18Cl2N4O2. The lowest BCUT2D eigenvalue weighted by Gasteiger charge is -2.08. The number of nitrogens with zero attached hydrogens (tertiary/aromatic N) is 3. The number of hydrogen-bond donors (Lipinski definition) is 1. The number of nitrogens with one attached hydrogen (secondary N) is 1. The number of ether oxygens (including phenoxy) is 1. The van der Waals surface area contributed by atoms with Crippen LogP contribution in [0.15, 0.2) is 72.8 Å². The van der Waals surface area contributed by atoms with E-state index >= 15 is 0 Å². The quantitative estimate of drug-likeness (QED) is 0.395. The molecule has 3 aromatic carbocycles. The molecule has 0 unspecified atom stereocenters. The minimum Gasteiger partial charge on any atom is -0.494 e. The van der Waals surface area contributed by atoms with E-state index in [4.69, 9.17) is 27.9 Å². The molecule has 0 saturated heterocycles. The van der Waals surface area contributed by atoms with E-state index in [1.165, 1.54) is 0 Å². The average molecular weight is 453 g/mol. The Morgan fingerprint density at radius 3 is 2.39 bits per heavy atom. The molecule has 156 valence electrons. The molecule has 0 aliphatic carbocycles. The lowest BCUT2D eigenvalue weighted by Crippen LogP contribution is -2.14. The van der Waals surface area contributed by atoms with Gasteiger partial charge in [-0.15, -0.1) is 5.10 Å². The number of rotatable bonds is 6. The van der Waals surface area contributed by atoms with Crippen LogP contribution in [0.2, 0.25) is 10.0 Å². The van der Waals surface area contributed by atoms with Crippen molar-refractivity contribution in [1.82, 2.24) is 14.8 Å². The van der Waals surface area contributed by atoms with Gasteiger partial charge in [-0.2, -0.15) is 0 Å². The summed E-state index contributed by atoms with van der Waals surface area (Å²) in [6, 6.07) is 21.6. The van der Waals surface area contributed by atoms with Crippen LogP contribution in [0.3, 0.4) is 0 Å². The molecule has 0 saturated carbocycles. The first kappa shape index (κ1) is 20.9. The van der Waals surface area contributed by atoms with E-state index in [1.54, 1.807) is 41.1 Å². The second-order valence-electron chi connectivity index (χ2n) is 6.54. The summed E-state index contributed by atoms with van der Waals surface area (Å²) in [7, 11) is 0. The molecule has 0 spiro atoms. The van der Waals surface area contributed by atoms with Crippen LogP contribution in [0.4, 0.5) is 5.69 Å². The Kier molecular flexibility index (Phi) is 6.21. The highest BCUT2D eigenvalue weighted by atomic mass is 35.5. The third-order valence-electron chi connectivity index (χ3n) is 4.43. The maximum absolute atomic E-state index is 12.8. The minimum atomic E-state index is -0.465. The van der Waals surface area contributed by atoms with Crippen molar-refractivity contribution < 1.29 is 9.53 Å². The summed E-state index contributed by atoms with van der Waals surface area (Å²) < 4.78 is 7.12. The molecule has 1 N–H and O–H groups in total. The maximum Gasteiger partial charge on any atom is 0.295 e. The number of benzene rings is 3. The third-order valence-corrected chi connectivity index (χ3v) is 5.01. The zero-order valence-corrected chi connectivity index (χ0v) is 18.1. The highest BCUT2D eigenvalue weighted by molar-refractivity contribution is 6.33. The van der Waals surface area contributed by atoms with E-state index < -0.39 is 5.91 Å². The van der Waals surface area contributed by atoms with E-state index in [2.05, 4.69) is 15.4 Å². The van der Waals surface area contributed by atoms with E-state index in [0.717, 1.165) is 17.0 Å². The number of anilines is 1. The van der Waals surface area contributed by atoms with Crippen LogP contribution in [0.5, 0.6) is 5.75 Å². The molecule has 0 radical (unpaired) electrons. The first-order valence-corrected chi connectivity index (χ1v) is 10.3. The largest absolute Gasteiger partial charge is 0.494 e. The highest BCUT2D eigenvalue weighted by Gasteiger charge is 2.19. The van der Waals surface area contributed by atoms with Crippen molar-refractivity contribution in [2.24, 2.45) is 0 Å². The van der Waals surface area contributed by atoms with Gasteiger partial charge in [0.05, 0.1) is 23.0 Å². The lowest BCUT2D eigenvalue weighted by atomic mass is 10.2. The Morgan fingerprint density at radius 2 is 1.71 bits per heavy atom. The molecule has 0 aliphatic heterocycles. The summed E-state index contributed by atoms with van der Waals surface area (Å²) in [5.74, 6) is 0.799. The second kappa shape index (κ2) is 9.20. The van der Waals surface area contributed by atoms with E-state index in [0.29, 0.717) is 28.2 Å². The topological polar surface area (TPSA) is 69.0 Å². The van der Waals surface area contributed by atoms with Crippen LogP contribution in [-0.4, -0.2) is 27.3 Å². The fourth-order valence-corrected chi connectivity index (χ4v) is 3.27. The minimum absolute atomic E-state index is 0.0127. The zero-order valence-electron chi connectivity index (χ0n) is 16.5. The van der Waals surface area contributed by atoms with E-state index in [9.17, 15) is 4.79 Å². The van der Waals surface area contributed by atoms with Gasteiger partial charge < -0.3 is 10.1 Å². The molecule has 31 heavy (non-hydrogen) atoms. The second-order valence-corrected chi connectivity index (χ2v) is 7.38. The summed E-state index contributed by atoms with van der Waals surface area (Å²) in [5, 5.41) is 8.25. The Hall–Kier alpha value is -3.35. The van der Waals surface area contributed by atoms with Crippen molar-refractivity contribution in [3.8, 4) is 22.8 Å². The molecular weight excluding hydrogens is 435 g/mol. The molecule has 4 aromatic rings. The van der Waals surface area contributed by atoms with Crippen molar-refractivity contribution in [1.29, 1.82) is 0 Å². The number of hydrogen-bond acceptors (Lipinski definition) is 4. The van der Waals surface area contributed by atoms with E-state index in [1.807, 2.05) is 43.3 Å². The van der Waals surface area contributed by atoms with Crippen LogP contribution in [0.25, 0.3) is 17.1 Å². The summed E-state index contributed by atoms with van der Waals surface area (Å²) in [5.41, 5.74) is 1.99. The monoisotopic (exact) mass is 452 g/mol. The summed E-state index contributed by atoms with van der Waals surface area (Å²) in [4.78, 5) is 17.3. The molecule has 0 atom stereocenters. The van der Waals surface area contributed by atoms with Gasteiger partial charge in [-0.05, 0) is 67.6 Å². The molecule has 8 heteroatoms. The van der Waals surface area contributed by atoms with Crippen LogP contribution < -0.4 is 10.1 Å². The van der Waals surface area contributed by atoms with Crippen LogP contribution >= 0.6 is 23.2 Å². The fourth-order valence-electron chi connectivity index (χ4n) is 2.97. The summed E-state index contributed by atoms with van der Waals surface area (Å²) >= 11 is 12.2. The summed E-state index contributed by atoms with van der Waals surface area (Å²) in [6.07, 6.45) is 0. The smallest absolute Gasteiger partial charge is 0.295 e. The van der Waals surface area contributed by atoms with Crippen molar-refractivity contribution >= 4 is 34.8 Å². The van der Waals surface area contributed by atoms with E-state index in [-0.39, 0.29) is 5.82 Å². The molecule has 0 aliphatic rings. The Morgan fingerprint density at radius 1 is 1.00 bits per heavy atom. The first-order valence-electron chi connectivity index (χ1n) is 9.57. The molecule has 6 nitrogen and oxygen atoms in total. The molecule has 0 bridgehead atoms. The molecule has 4 rings (SSSR count). The molecule has 1 heterocycles. The highest BCUT2D eigenvalue weighted by Crippen LogP contribution is 2.25. The number of carbonyl (C=O) groups excluding carboxylic acids is 1. The number of carbonyl (C=O) groups is 1. The Labute approximate surface area is 189 Å². The van der Waals surface area contributed by atoms with Gasteiger partial charge in [0.1, 0.15) is 5.75 Å². The number of aromatic nitrogens is 3. The third kappa shape index (κ3) is 4.71. The standard InChI is InChI=1S/C23H18Cl2N4O2/c1-2-31-18-13-11-17(12-14-18)29-22(15-7-9-16(24)10-8-15)27-21(28-29)23(30)26-20-6-4-3-5-19(20)25/h3-14H,2H2,1H3,(H,26,30). The van der Waals surface area contributed by atoms with Crippen LogP contribution in [0.1, 0.15) is 17.5 Å². The molecule has 0 fully saturated rings. The van der Waals surface area contributed by atoms with Gasteiger partial charge >= 0.3 is 0 Å².